The third-order valence-electron chi connectivity index (χ3n) is 6.12. The molecule has 2 heterocycles. The molecule has 1 aliphatic carbocycles. The molecule has 6 unspecified atom stereocenters. The fourth-order valence-corrected chi connectivity index (χ4v) is 4.56. The first kappa shape index (κ1) is 21.4. The lowest BCUT2D eigenvalue weighted by Crippen LogP contribution is -2.41. The molecule has 2 fully saturated rings. The average Bonchev–Trinajstić information content (AvgIpc) is 3.29. The van der Waals surface area contributed by atoms with Gasteiger partial charge in [-0.25, -0.2) is 0 Å². The molecule has 6 nitrogen and oxygen atoms in total. The van der Waals surface area contributed by atoms with Crippen molar-refractivity contribution in [2.75, 3.05) is 0 Å². The normalized spacial score (nSPS) is 34.3. The van der Waals surface area contributed by atoms with Crippen molar-refractivity contribution in [3.63, 3.8) is 0 Å². The number of esters is 2. The van der Waals surface area contributed by atoms with Gasteiger partial charge >= 0.3 is 11.9 Å². The van der Waals surface area contributed by atoms with Gasteiger partial charge in [0.2, 0.25) is 6.29 Å². The van der Waals surface area contributed by atoms with E-state index in [1.807, 2.05) is 0 Å². The van der Waals surface area contributed by atoms with E-state index in [2.05, 4.69) is 25.8 Å². The summed E-state index contributed by atoms with van der Waals surface area (Å²) in [6.07, 6.45) is 6.09. The van der Waals surface area contributed by atoms with Crippen LogP contribution in [-0.2, 0) is 28.5 Å². The van der Waals surface area contributed by atoms with Crippen LogP contribution in [0.2, 0.25) is 0 Å². The molecule has 3 rings (SSSR count). The minimum absolute atomic E-state index is 0.0389. The van der Waals surface area contributed by atoms with Crippen LogP contribution in [0.1, 0.15) is 52.9 Å². The second kappa shape index (κ2) is 8.60. The van der Waals surface area contributed by atoms with Gasteiger partial charge in [-0.1, -0.05) is 18.7 Å². The van der Waals surface area contributed by atoms with Gasteiger partial charge in [0.15, 0.2) is 0 Å². The standard InChI is InChI=1S/C23H30O6/c1-6-7-8-19(27-15(3)24)18-13-26-22(28-16(4)25)21-14(2)9-10-20-23(5,29-20)12-11-17(18)21/h7,13,17,19-22H,1-2,8-12H2,3-5H3. The zero-order chi connectivity index (χ0) is 21.2. The van der Waals surface area contributed by atoms with E-state index in [9.17, 15) is 9.59 Å². The molecule has 2 aliphatic heterocycles. The molecule has 0 aromatic heterocycles. The Morgan fingerprint density at radius 1 is 1.38 bits per heavy atom. The SMILES string of the molecule is C=C=CCC(OC(C)=O)C1=COC(OC(C)=O)C2C(=C)CCC3OC3(C)CCC12. The molecule has 1 saturated carbocycles. The molecule has 0 spiro atoms. The number of ether oxygens (including phenoxy) is 4. The highest BCUT2D eigenvalue weighted by atomic mass is 16.7. The van der Waals surface area contributed by atoms with Gasteiger partial charge in [-0.15, -0.1) is 5.73 Å². The van der Waals surface area contributed by atoms with Crippen molar-refractivity contribution in [1.82, 2.24) is 0 Å². The Morgan fingerprint density at radius 2 is 2.14 bits per heavy atom. The van der Waals surface area contributed by atoms with Crippen molar-refractivity contribution in [3.05, 3.63) is 42.4 Å². The summed E-state index contributed by atoms with van der Waals surface area (Å²) in [7, 11) is 0. The van der Waals surface area contributed by atoms with Crippen LogP contribution < -0.4 is 0 Å². The summed E-state index contributed by atoms with van der Waals surface area (Å²) >= 11 is 0. The van der Waals surface area contributed by atoms with Crippen LogP contribution in [0, 0.1) is 11.8 Å². The smallest absolute Gasteiger partial charge is 0.305 e. The van der Waals surface area contributed by atoms with Crippen molar-refractivity contribution in [2.24, 2.45) is 11.8 Å². The summed E-state index contributed by atoms with van der Waals surface area (Å²) in [6.45, 7) is 12.8. The summed E-state index contributed by atoms with van der Waals surface area (Å²) in [6, 6.07) is 0. The van der Waals surface area contributed by atoms with Crippen molar-refractivity contribution in [3.8, 4) is 0 Å². The molecular weight excluding hydrogens is 372 g/mol. The van der Waals surface area contributed by atoms with Crippen molar-refractivity contribution in [2.45, 2.75) is 77.0 Å². The Balaban J connectivity index is 1.96. The number of carbonyl (C=O) groups excluding carboxylic acids is 2. The summed E-state index contributed by atoms with van der Waals surface area (Å²) in [5.74, 6) is -1.01. The fourth-order valence-electron chi connectivity index (χ4n) is 4.56. The van der Waals surface area contributed by atoms with E-state index in [0.29, 0.717) is 6.42 Å². The number of epoxide rings is 1. The molecule has 29 heavy (non-hydrogen) atoms. The van der Waals surface area contributed by atoms with Gasteiger partial charge < -0.3 is 18.9 Å². The summed E-state index contributed by atoms with van der Waals surface area (Å²) in [5, 5.41) is 0. The van der Waals surface area contributed by atoms with E-state index >= 15 is 0 Å². The fraction of sp³-hybridized carbons (Fsp3) is 0.609. The molecule has 1 saturated heterocycles. The van der Waals surface area contributed by atoms with Crippen LogP contribution in [-0.4, -0.2) is 36.0 Å². The van der Waals surface area contributed by atoms with Gasteiger partial charge in [-0.05, 0) is 38.7 Å². The zero-order valence-electron chi connectivity index (χ0n) is 17.4. The minimum atomic E-state index is -0.732. The van der Waals surface area contributed by atoms with Gasteiger partial charge in [0, 0.05) is 31.8 Å². The number of hydrogen-bond acceptors (Lipinski definition) is 6. The predicted molar refractivity (Wildman–Crippen MR) is 106 cm³/mol. The Kier molecular flexibility index (Phi) is 6.35. The molecule has 0 amide bonds. The topological polar surface area (TPSA) is 74.4 Å². The molecule has 6 heteroatoms. The van der Waals surface area contributed by atoms with Gasteiger partial charge in [0.05, 0.1) is 23.9 Å². The molecule has 0 radical (unpaired) electrons. The van der Waals surface area contributed by atoms with Crippen LogP contribution >= 0.6 is 0 Å². The number of fused-ring (bicyclic) bond motifs is 2. The molecule has 0 N–H and O–H groups in total. The Bertz CT molecular complexity index is 757. The maximum absolute atomic E-state index is 11.7. The molecule has 0 aromatic carbocycles. The highest BCUT2D eigenvalue weighted by molar-refractivity contribution is 5.67. The lowest BCUT2D eigenvalue weighted by Gasteiger charge is -2.40. The van der Waals surface area contributed by atoms with E-state index in [1.54, 1.807) is 12.3 Å². The molecule has 0 aromatic rings. The van der Waals surface area contributed by atoms with Crippen LogP contribution in [0.5, 0.6) is 0 Å². The lowest BCUT2D eigenvalue weighted by atomic mass is 9.74. The summed E-state index contributed by atoms with van der Waals surface area (Å²) in [4.78, 5) is 23.4. The van der Waals surface area contributed by atoms with Crippen LogP contribution in [0.3, 0.4) is 0 Å². The Labute approximate surface area is 172 Å². The maximum atomic E-state index is 11.7. The van der Waals surface area contributed by atoms with Crippen molar-refractivity contribution >= 4 is 11.9 Å². The first-order valence-corrected chi connectivity index (χ1v) is 10.1. The predicted octanol–water partition coefficient (Wildman–Crippen LogP) is 3.97. The van der Waals surface area contributed by atoms with E-state index < -0.39 is 18.4 Å². The van der Waals surface area contributed by atoms with Crippen molar-refractivity contribution < 1.29 is 28.5 Å². The first-order chi connectivity index (χ1) is 13.7. The van der Waals surface area contributed by atoms with E-state index in [-0.39, 0.29) is 29.5 Å². The van der Waals surface area contributed by atoms with E-state index in [4.69, 9.17) is 18.9 Å². The highest BCUT2D eigenvalue weighted by Crippen LogP contribution is 2.50. The number of rotatable bonds is 5. The van der Waals surface area contributed by atoms with Crippen LogP contribution in [0.15, 0.2) is 42.4 Å². The van der Waals surface area contributed by atoms with E-state index in [0.717, 1.165) is 36.8 Å². The third-order valence-corrected chi connectivity index (χ3v) is 6.12. The Hall–Kier alpha value is -2.30. The zero-order valence-corrected chi connectivity index (χ0v) is 17.4. The largest absolute Gasteiger partial charge is 0.462 e. The second-order valence-electron chi connectivity index (χ2n) is 8.26. The molecule has 6 atom stereocenters. The molecule has 0 bridgehead atoms. The molecule has 3 aliphatic rings. The van der Waals surface area contributed by atoms with Crippen LogP contribution in [0.25, 0.3) is 0 Å². The van der Waals surface area contributed by atoms with Crippen LogP contribution in [0.4, 0.5) is 0 Å². The van der Waals surface area contributed by atoms with Gasteiger partial charge in [0.1, 0.15) is 6.10 Å². The third kappa shape index (κ3) is 4.82. The average molecular weight is 402 g/mol. The maximum Gasteiger partial charge on any atom is 0.305 e. The second-order valence-corrected chi connectivity index (χ2v) is 8.26. The Morgan fingerprint density at radius 3 is 2.79 bits per heavy atom. The van der Waals surface area contributed by atoms with Crippen molar-refractivity contribution in [1.29, 1.82) is 0 Å². The van der Waals surface area contributed by atoms with Gasteiger partial charge in [-0.2, -0.15) is 0 Å². The molecular formula is C23H30O6. The van der Waals surface area contributed by atoms with Gasteiger partial charge in [-0.3, -0.25) is 9.59 Å². The number of hydrogen-bond donors (Lipinski definition) is 0. The lowest BCUT2D eigenvalue weighted by molar-refractivity contribution is -0.181. The monoisotopic (exact) mass is 402 g/mol. The first-order valence-electron chi connectivity index (χ1n) is 10.1. The summed E-state index contributed by atoms with van der Waals surface area (Å²) < 4.78 is 22.9. The van der Waals surface area contributed by atoms with Gasteiger partial charge in [0.25, 0.3) is 0 Å². The summed E-state index contributed by atoms with van der Waals surface area (Å²) in [5.41, 5.74) is 4.44. The minimum Gasteiger partial charge on any atom is -0.462 e. The quantitative estimate of drug-likeness (QED) is 0.300. The highest BCUT2D eigenvalue weighted by Gasteiger charge is 2.54. The van der Waals surface area contributed by atoms with E-state index in [1.165, 1.54) is 13.8 Å². The number of carbonyl (C=O) groups is 2. The molecule has 158 valence electrons.